The van der Waals surface area contributed by atoms with Gasteiger partial charge in [0.1, 0.15) is 0 Å². The minimum absolute atomic E-state index is 0.615. The van der Waals surface area contributed by atoms with Gasteiger partial charge in [-0.15, -0.1) is 0 Å². The molecule has 0 amide bonds. The molecule has 0 bridgehead atoms. The van der Waals surface area contributed by atoms with E-state index in [9.17, 15) is 0 Å². The molecule has 2 aromatic carbocycles. The molecule has 0 spiro atoms. The van der Waals surface area contributed by atoms with E-state index < -0.39 is 0 Å². The molecule has 2 fully saturated rings. The van der Waals surface area contributed by atoms with E-state index in [4.69, 9.17) is 0 Å². The van der Waals surface area contributed by atoms with Crippen molar-refractivity contribution in [2.75, 3.05) is 26.2 Å². The molecule has 1 saturated carbocycles. The van der Waals surface area contributed by atoms with Crippen LogP contribution in [0.1, 0.15) is 30.9 Å². The number of benzene rings is 2. The van der Waals surface area contributed by atoms with Crippen LogP contribution in [0.25, 0.3) is 10.8 Å². The maximum absolute atomic E-state index is 3.48. The summed E-state index contributed by atoms with van der Waals surface area (Å²) in [5.41, 5.74) is 1.52. The van der Waals surface area contributed by atoms with E-state index in [0.717, 1.165) is 19.0 Å². The smallest absolute Gasteiger partial charge is 0.0352 e. The second kappa shape index (κ2) is 5.78. The summed E-state index contributed by atoms with van der Waals surface area (Å²) in [6.07, 6.45) is 4.23. The Morgan fingerprint density at radius 3 is 2.52 bits per heavy atom. The number of fused-ring (bicyclic) bond motifs is 1. The van der Waals surface area contributed by atoms with Crippen LogP contribution in [-0.2, 0) is 0 Å². The Bertz CT molecular complexity index is 612. The first-order valence-corrected chi connectivity index (χ1v) is 8.33. The van der Waals surface area contributed by atoms with Crippen molar-refractivity contribution in [3.05, 3.63) is 48.0 Å². The normalized spacial score (nSPS) is 21.5. The molecule has 0 aromatic heterocycles. The van der Waals surface area contributed by atoms with Gasteiger partial charge >= 0.3 is 0 Å². The lowest BCUT2D eigenvalue weighted by atomic mass is 9.96. The van der Waals surface area contributed by atoms with Crippen LogP contribution in [0.15, 0.2) is 42.5 Å². The number of nitrogens with one attached hydrogen (secondary N) is 1. The summed E-state index contributed by atoms with van der Waals surface area (Å²) in [5.74, 6) is 0.969. The van der Waals surface area contributed by atoms with Crippen molar-refractivity contribution in [2.24, 2.45) is 5.92 Å². The zero-order chi connectivity index (χ0) is 14.1. The van der Waals surface area contributed by atoms with Crippen molar-refractivity contribution in [2.45, 2.75) is 25.3 Å². The molecule has 1 heterocycles. The van der Waals surface area contributed by atoms with E-state index in [0.29, 0.717) is 6.04 Å². The average Bonchev–Trinajstić information content (AvgIpc) is 3.37. The van der Waals surface area contributed by atoms with Crippen LogP contribution in [-0.4, -0.2) is 31.1 Å². The van der Waals surface area contributed by atoms with Gasteiger partial charge in [-0.2, -0.15) is 0 Å². The van der Waals surface area contributed by atoms with Gasteiger partial charge in [-0.05, 0) is 34.7 Å². The van der Waals surface area contributed by atoms with E-state index in [1.54, 1.807) is 0 Å². The fraction of sp³-hybridized carbons (Fsp3) is 0.474. The van der Waals surface area contributed by atoms with Gasteiger partial charge in [-0.25, -0.2) is 0 Å². The fourth-order valence-corrected chi connectivity index (χ4v) is 3.57. The monoisotopic (exact) mass is 280 g/mol. The van der Waals surface area contributed by atoms with Gasteiger partial charge in [0.2, 0.25) is 0 Å². The van der Waals surface area contributed by atoms with Gasteiger partial charge in [-0.1, -0.05) is 49.2 Å². The summed E-state index contributed by atoms with van der Waals surface area (Å²) in [6, 6.07) is 16.4. The van der Waals surface area contributed by atoms with Crippen molar-refractivity contribution in [3.63, 3.8) is 0 Å². The molecule has 1 N–H and O–H groups in total. The summed E-state index contributed by atoms with van der Waals surface area (Å²) in [7, 11) is 0. The minimum atomic E-state index is 0.615. The first-order valence-electron chi connectivity index (χ1n) is 8.33. The summed E-state index contributed by atoms with van der Waals surface area (Å²) in [5, 5.41) is 6.21. The van der Waals surface area contributed by atoms with E-state index in [-0.39, 0.29) is 0 Å². The van der Waals surface area contributed by atoms with Gasteiger partial charge in [0.25, 0.3) is 0 Å². The predicted molar refractivity (Wildman–Crippen MR) is 88.5 cm³/mol. The van der Waals surface area contributed by atoms with Crippen molar-refractivity contribution in [1.82, 2.24) is 10.2 Å². The lowest BCUT2D eigenvalue weighted by Gasteiger charge is -2.35. The highest BCUT2D eigenvalue weighted by atomic mass is 15.2. The standard InChI is InChI=1S/C19H24N2/c1-2-4-17-14-18(8-7-16(17)3-1)19(13-15-5-6-15)21-11-9-20-10-12-21/h1-4,7-8,14-15,19-20H,5-6,9-13H2/t19-/m1/s1. The van der Waals surface area contributed by atoms with Gasteiger partial charge in [0.15, 0.2) is 0 Å². The Balaban J connectivity index is 1.65. The maximum atomic E-state index is 3.48. The van der Waals surface area contributed by atoms with Gasteiger partial charge in [0, 0.05) is 32.2 Å². The Morgan fingerprint density at radius 2 is 1.76 bits per heavy atom. The second-order valence-corrected chi connectivity index (χ2v) is 6.59. The zero-order valence-electron chi connectivity index (χ0n) is 12.6. The molecule has 2 aromatic rings. The number of hydrogen-bond donors (Lipinski definition) is 1. The topological polar surface area (TPSA) is 15.3 Å². The molecular weight excluding hydrogens is 256 g/mol. The molecule has 0 unspecified atom stereocenters. The molecule has 0 radical (unpaired) electrons. The van der Waals surface area contributed by atoms with E-state index in [1.165, 1.54) is 48.7 Å². The third-order valence-corrected chi connectivity index (χ3v) is 5.00. The number of hydrogen-bond acceptors (Lipinski definition) is 2. The highest BCUT2D eigenvalue weighted by Crippen LogP contribution is 2.40. The zero-order valence-corrected chi connectivity index (χ0v) is 12.6. The molecule has 1 aliphatic heterocycles. The number of nitrogens with zero attached hydrogens (tertiary/aromatic N) is 1. The Labute approximate surface area is 127 Å². The highest BCUT2D eigenvalue weighted by molar-refractivity contribution is 5.83. The van der Waals surface area contributed by atoms with Crippen molar-refractivity contribution in [3.8, 4) is 0 Å². The van der Waals surface area contributed by atoms with E-state index >= 15 is 0 Å². The summed E-state index contributed by atoms with van der Waals surface area (Å²) >= 11 is 0. The SMILES string of the molecule is c1ccc2cc([C@@H](CC3CC3)N3CCNCC3)ccc2c1. The van der Waals surface area contributed by atoms with E-state index in [1.807, 2.05) is 0 Å². The van der Waals surface area contributed by atoms with Crippen molar-refractivity contribution < 1.29 is 0 Å². The molecule has 110 valence electrons. The molecule has 2 aliphatic rings. The first kappa shape index (κ1) is 13.3. The number of piperazine rings is 1. The molecule has 2 heteroatoms. The largest absolute Gasteiger partial charge is 0.314 e. The molecule has 21 heavy (non-hydrogen) atoms. The van der Waals surface area contributed by atoms with E-state index in [2.05, 4.69) is 52.7 Å². The average molecular weight is 280 g/mol. The fourth-order valence-electron chi connectivity index (χ4n) is 3.57. The van der Waals surface area contributed by atoms with Crippen LogP contribution in [0.2, 0.25) is 0 Å². The maximum Gasteiger partial charge on any atom is 0.0352 e. The second-order valence-electron chi connectivity index (χ2n) is 6.59. The van der Waals surface area contributed by atoms with Crippen LogP contribution in [0.3, 0.4) is 0 Å². The molecule has 1 saturated heterocycles. The summed E-state index contributed by atoms with van der Waals surface area (Å²) in [4.78, 5) is 2.69. The lowest BCUT2D eigenvalue weighted by Crippen LogP contribution is -2.45. The van der Waals surface area contributed by atoms with Gasteiger partial charge in [-0.3, -0.25) is 4.90 Å². The van der Waals surface area contributed by atoms with Crippen LogP contribution < -0.4 is 5.32 Å². The van der Waals surface area contributed by atoms with Crippen LogP contribution in [0, 0.1) is 5.92 Å². The van der Waals surface area contributed by atoms with Crippen molar-refractivity contribution >= 4 is 10.8 Å². The van der Waals surface area contributed by atoms with Crippen LogP contribution in [0.5, 0.6) is 0 Å². The Kier molecular flexibility index (Phi) is 3.66. The van der Waals surface area contributed by atoms with Gasteiger partial charge in [0.05, 0.1) is 0 Å². The summed E-state index contributed by atoms with van der Waals surface area (Å²) < 4.78 is 0. The van der Waals surface area contributed by atoms with Gasteiger partial charge < -0.3 is 5.32 Å². The van der Waals surface area contributed by atoms with Crippen LogP contribution >= 0.6 is 0 Å². The lowest BCUT2D eigenvalue weighted by molar-refractivity contribution is 0.160. The summed E-state index contributed by atoms with van der Waals surface area (Å²) in [6.45, 7) is 4.64. The van der Waals surface area contributed by atoms with Crippen molar-refractivity contribution in [1.29, 1.82) is 0 Å². The molecule has 4 rings (SSSR count). The molecule has 1 atom stereocenters. The highest BCUT2D eigenvalue weighted by Gasteiger charge is 2.30. The van der Waals surface area contributed by atoms with Crippen LogP contribution in [0.4, 0.5) is 0 Å². The third kappa shape index (κ3) is 2.97. The molecule has 1 aliphatic carbocycles. The third-order valence-electron chi connectivity index (χ3n) is 5.00. The molecule has 2 nitrogen and oxygen atoms in total. The molecular formula is C19H24N2. The quantitative estimate of drug-likeness (QED) is 0.921. The predicted octanol–water partition coefficient (Wildman–Crippen LogP) is 3.59. The first-order chi connectivity index (χ1) is 10.4. The Hall–Kier alpha value is -1.38. The number of rotatable bonds is 4. The Morgan fingerprint density at radius 1 is 1.00 bits per heavy atom. The minimum Gasteiger partial charge on any atom is -0.314 e.